The van der Waals surface area contributed by atoms with Gasteiger partial charge in [-0.25, -0.2) is 4.99 Å². The highest BCUT2D eigenvalue weighted by atomic mass is 14.8. The predicted molar refractivity (Wildman–Crippen MR) is 73.4 cm³/mol. The zero-order chi connectivity index (χ0) is 12.6. The number of allylic oxidation sites excluding steroid dienone is 4. The molecule has 0 aromatic rings. The van der Waals surface area contributed by atoms with Crippen LogP contribution < -0.4 is 5.73 Å². The van der Waals surface area contributed by atoms with Crippen molar-refractivity contribution in [2.75, 3.05) is 0 Å². The second kappa shape index (κ2) is 7.04. The number of hydrogen-bond acceptors (Lipinski definition) is 1. The first-order valence-electron chi connectivity index (χ1n) is 5.77. The topological polar surface area (TPSA) is 38.4 Å². The molecule has 16 heavy (non-hydrogen) atoms. The van der Waals surface area contributed by atoms with Crippen molar-refractivity contribution in [1.82, 2.24) is 0 Å². The molecule has 0 aliphatic rings. The van der Waals surface area contributed by atoms with E-state index in [-0.39, 0.29) is 5.41 Å². The maximum absolute atomic E-state index is 5.83. The Morgan fingerprint density at radius 3 is 2.31 bits per heavy atom. The van der Waals surface area contributed by atoms with E-state index >= 15 is 0 Å². The van der Waals surface area contributed by atoms with Gasteiger partial charge in [0.2, 0.25) is 0 Å². The molecule has 0 rings (SSSR count). The zero-order valence-electron chi connectivity index (χ0n) is 11.1. The minimum absolute atomic E-state index is 0.128. The average molecular weight is 220 g/mol. The van der Waals surface area contributed by atoms with Gasteiger partial charge in [0.25, 0.3) is 0 Å². The van der Waals surface area contributed by atoms with E-state index in [0.29, 0.717) is 5.84 Å². The van der Waals surface area contributed by atoms with Crippen molar-refractivity contribution >= 4 is 5.84 Å². The fourth-order valence-corrected chi connectivity index (χ4v) is 1.21. The summed E-state index contributed by atoms with van der Waals surface area (Å²) in [5, 5.41) is 0. The Labute approximate surface area is 99.6 Å². The molecule has 0 unspecified atom stereocenters. The lowest BCUT2D eigenvalue weighted by molar-refractivity contribution is 0.440. The highest BCUT2D eigenvalue weighted by Crippen LogP contribution is 2.30. The standard InChI is InChI=1S/C14H24N2/c1-6-9-12(14(4,5)8-3)11-13(15)16-10-7-2/h6-7,9-11H,8H2,1-5H3,(H2,15,16)/b9-6-,10-7-,12-11+. The van der Waals surface area contributed by atoms with Gasteiger partial charge >= 0.3 is 0 Å². The highest BCUT2D eigenvalue weighted by Gasteiger charge is 2.18. The first-order chi connectivity index (χ1) is 7.47. The molecule has 2 heteroatoms. The molecule has 2 nitrogen and oxygen atoms in total. The van der Waals surface area contributed by atoms with Crippen LogP contribution in [0, 0.1) is 5.41 Å². The van der Waals surface area contributed by atoms with Gasteiger partial charge in [-0.1, -0.05) is 39.0 Å². The molecule has 0 aromatic carbocycles. The van der Waals surface area contributed by atoms with Gasteiger partial charge in [-0.15, -0.1) is 0 Å². The number of nitrogens with zero attached hydrogens (tertiary/aromatic N) is 1. The van der Waals surface area contributed by atoms with E-state index in [0.717, 1.165) is 6.42 Å². The van der Waals surface area contributed by atoms with Gasteiger partial charge in [-0.2, -0.15) is 0 Å². The summed E-state index contributed by atoms with van der Waals surface area (Å²) in [5.74, 6) is 0.549. The molecule has 0 atom stereocenters. The van der Waals surface area contributed by atoms with E-state index in [1.807, 2.05) is 32.1 Å². The van der Waals surface area contributed by atoms with Gasteiger partial charge in [0.15, 0.2) is 0 Å². The third-order valence-electron chi connectivity index (χ3n) is 2.69. The molecule has 90 valence electrons. The van der Waals surface area contributed by atoms with E-state index in [1.54, 1.807) is 6.20 Å². The molecular formula is C14H24N2. The van der Waals surface area contributed by atoms with Gasteiger partial charge in [0.05, 0.1) is 0 Å². The molecule has 0 saturated carbocycles. The van der Waals surface area contributed by atoms with Crippen LogP contribution in [0.15, 0.2) is 41.1 Å². The van der Waals surface area contributed by atoms with Crippen molar-refractivity contribution in [2.45, 2.75) is 41.0 Å². The molecule has 0 aliphatic carbocycles. The van der Waals surface area contributed by atoms with Crippen LogP contribution in [-0.4, -0.2) is 5.84 Å². The van der Waals surface area contributed by atoms with Crippen LogP contribution in [0.3, 0.4) is 0 Å². The summed E-state index contributed by atoms with van der Waals surface area (Å²) in [6.07, 6.45) is 10.7. The summed E-state index contributed by atoms with van der Waals surface area (Å²) >= 11 is 0. The van der Waals surface area contributed by atoms with Crippen molar-refractivity contribution in [3.8, 4) is 0 Å². The van der Waals surface area contributed by atoms with E-state index < -0.39 is 0 Å². The van der Waals surface area contributed by atoms with Crippen molar-refractivity contribution in [3.63, 3.8) is 0 Å². The van der Waals surface area contributed by atoms with Crippen LogP contribution >= 0.6 is 0 Å². The highest BCUT2D eigenvalue weighted by molar-refractivity contribution is 5.93. The van der Waals surface area contributed by atoms with Gasteiger partial charge < -0.3 is 5.73 Å². The summed E-state index contributed by atoms with van der Waals surface area (Å²) in [6.45, 7) is 10.5. The zero-order valence-corrected chi connectivity index (χ0v) is 11.1. The Morgan fingerprint density at radius 2 is 1.88 bits per heavy atom. The van der Waals surface area contributed by atoms with E-state index in [4.69, 9.17) is 5.73 Å². The molecule has 0 radical (unpaired) electrons. The van der Waals surface area contributed by atoms with E-state index in [9.17, 15) is 0 Å². The second-order valence-corrected chi connectivity index (χ2v) is 4.37. The Bertz CT molecular complexity index is 318. The third-order valence-corrected chi connectivity index (χ3v) is 2.69. The van der Waals surface area contributed by atoms with Crippen LogP contribution in [0.2, 0.25) is 0 Å². The molecule has 0 saturated heterocycles. The van der Waals surface area contributed by atoms with Crippen molar-refractivity contribution < 1.29 is 0 Å². The monoisotopic (exact) mass is 220 g/mol. The largest absolute Gasteiger partial charge is 0.384 e. The number of nitrogens with two attached hydrogens (primary N) is 1. The minimum atomic E-state index is 0.128. The van der Waals surface area contributed by atoms with Crippen LogP contribution in [0.1, 0.15) is 41.0 Å². The van der Waals surface area contributed by atoms with Crippen LogP contribution in [0.25, 0.3) is 0 Å². The van der Waals surface area contributed by atoms with Crippen molar-refractivity contribution in [2.24, 2.45) is 16.1 Å². The van der Waals surface area contributed by atoms with Gasteiger partial charge in [-0.3, -0.25) is 0 Å². The quantitative estimate of drug-likeness (QED) is 0.427. The molecule has 0 spiro atoms. The fourth-order valence-electron chi connectivity index (χ4n) is 1.21. The first-order valence-corrected chi connectivity index (χ1v) is 5.77. The third kappa shape index (κ3) is 4.96. The maximum atomic E-state index is 5.83. The van der Waals surface area contributed by atoms with Gasteiger partial charge in [-0.05, 0) is 37.3 Å². The summed E-state index contributed by atoms with van der Waals surface area (Å²) < 4.78 is 0. The number of amidine groups is 1. The minimum Gasteiger partial charge on any atom is -0.384 e. The molecule has 0 bridgehead atoms. The molecule has 2 N–H and O–H groups in total. The molecule has 0 aliphatic heterocycles. The lowest BCUT2D eigenvalue weighted by atomic mass is 9.81. The summed E-state index contributed by atoms with van der Waals surface area (Å²) in [7, 11) is 0. The molecular weight excluding hydrogens is 196 g/mol. The van der Waals surface area contributed by atoms with Crippen LogP contribution in [0.5, 0.6) is 0 Å². The molecule has 0 amide bonds. The Hall–Kier alpha value is -1.31. The SMILES string of the molecule is C\C=C/N=C(N)/C=C(\C=C/C)C(C)(C)CC. The fraction of sp³-hybridized carbons (Fsp3) is 0.500. The maximum Gasteiger partial charge on any atom is 0.123 e. The first kappa shape index (κ1) is 14.7. The normalized spacial score (nSPS) is 15.3. The van der Waals surface area contributed by atoms with Crippen molar-refractivity contribution in [3.05, 3.63) is 36.1 Å². The predicted octanol–water partition coefficient (Wildman–Crippen LogP) is 3.82. The summed E-state index contributed by atoms with van der Waals surface area (Å²) in [4.78, 5) is 4.12. The number of rotatable bonds is 5. The number of hydrogen-bond donors (Lipinski definition) is 1. The Morgan fingerprint density at radius 1 is 1.25 bits per heavy atom. The Balaban J connectivity index is 5.13. The molecule has 0 fully saturated rings. The summed E-state index contributed by atoms with van der Waals surface area (Å²) in [5.41, 5.74) is 7.17. The summed E-state index contributed by atoms with van der Waals surface area (Å²) in [6, 6.07) is 0. The Kier molecular flexibility index (Phi) is 6.47. The van der Waals surface area contributed by atoms with E-state index in [2.05, 4.69) is 31.8 Å². The van der Waals surface area contributed by atoms with E-state index in [1.165, 1.54) is 5.57 Å². The lowest BCUT2D eigenvalue weighted by Crippen LogP contribution is -2.16. The van der Waals surface area contributed by atoms with Gasteiger partial charge in [0.1, 0.15) is 5.84 Å². The smallest absolute Gasteiger partial charge is 0.123 e. The molecule has 0 aromatic heterocycles. The van der Waals surface area contributed by atoms with Crippen molar-refractivity contribution in [1.29, 1.82) is 0 Å². The lowest BCUT2D eigenvalue weighted by Gasteiger charge is -2.24. The average Bonchev–Trinajstić information content (AvgIpc) is 2.25. The molecule has 0 heterocycles. The second-order valence-electron chi connectivity index (χ2n) is 4.37. The van der Waals surface area contributed by atoms with Gasteiger partial charge in [0, 0.05) is 6.20 Å². The van der Waals surface area contributed by atoms with Crippen LogP contribution in [0.4, 0.5) is 0 Å². The van der Waals surface area contributed by atoms with Crippen LogP contribution in [-0.2, 0) is 0 Å². The number of aliphatic imine (C=N–C) groups is 1.